The molecule has 0 spiro atoms. The van der Waals surface area contributed by atoms with Crippen LogP contribution >= 0.6 is 15.9 Å². The second-order valence-electron chi connectivity index (χ2n) is 9.34. The van der Waals surface area contributed by atoms with Crippen LogP contribution in [-0.4, -0.2) is 91.5 Å². The summed E-state index contributed by atoms with van der Waals surface area (Å²) in [6, 6.07) is 1.90. The predicted octanol–water partition coefficient (Wildman–Crippen LogP) is 1.63. The molecule has 2 aliphatic heterocycles. The lowest BCUT2D eigenvalue weighted by Crippen LogP contribution is -2.57. The molecular weight excluding hydrogens is 558 g/mol. The Hall–Kier alpha value is -2.36. The van der Waals surface area contributed by atoms with Gasteiger partial charge in [-0.1, -0.05) is 17.4 Å². The van der Waals surface area contributed by atoms with Crippen LogP contribution < -0.4 is 0 Å². The van der Waals surface area contributed by atoms with Gasteiger partial charge in [0, 0.05) is 18.9 Å². The number of benzene rings is 1. The fourth-order valence-corrected chi connectivity index (χ4v) is 5.19. The van der Waals surface area contributed by atoms with Crippen LogP contribution in [0, 0.1) is 11.6 Å². The Labute approximate surface area is 219 Å². The summed E-state index contributed by atoms with van der Waals surface area (Å²) in [6.45, 7) is 3.01. The van der Waals surface area contributed by atoms with Crippen LogP contribution in [0.5, 0.6) is 0 Å². The van der Waals surface area contributed by atoms with Crippen molar-refractivity contribution in [1.82, 2.24) is 30.0 Å². The number of hydrogen-bond acceptors (Lipinski definition) is 9. The second-order valence-corrected chi connectivity index (χ2v) is 10.2. The molecular formula is C23H27BrF2N6O5. The Morgan fingerprint density at radius 2 is 1.95 bits per heavy atom. The number of aliphatic hydroxyl groups is 2. The summed E-state index contributed by atoms with van der Waals surface area (Å²) < 4.78 is 48.7. The van der Waals surface area contributed by atoms with Crippen LogP contribution in [0.4, 0.5) is 8.78 Å². The summed E-state index contributed by atoms with van der Waals surface area (Å²) in [7, 11) is 1.46. The molecule has 3 aromatic rings. The molecule has 0 aliphatic carbocycles. The zero-order valence-corrected chi connectivity index (χ0v) is 21.8. The van der Waals surface area contributed by atoms with Crippen molar-refractivity contribution in [3.8, 4) is 11.3 Å². The van der Waals surface area contributed by atoms with E-state index in [9.17, 15) is 19.0 Å². The van der Waals surface area contributed by atoms with Gasteiger partial charge >= 0.3 is 0 Å². The number of nitrogens with zero attached hydrogens (tertiary/aromatic N) is 6. The highest BCUT2D eigenvalue weighted by Crippen LogP contribution is 2.36. The van der Waals surface area contributed by atoms with E-state index in [2.05, 4.69) is 43.5 Å². The summed E-state index contributed by atoms with van der Waals surface area (Å²) in [4.78, 5) is 0. The van der Waals surface area contributed by atoms with Crippen LogP contribution in [0.2, 0.25) is 0 Å². The smallest absolute Gasteiger partial charge is 0.173 e. The molecule has 2 aromatic heterocycles. The molecule has 0 saturated carbocycles. The van der Waals surface area contributed by atoms with E-state index in [1.807, 2.05) is 6.20 Å². The predicted molar refractivity (Wildman–Crippen MR) is 127 cm³/mol. The molecule has 0 radical (unpaired) electrons. The molecule has 0 unspecified atom stereocenters. The first kappa shape index (κ1) is 26.3. The third-order valence-electron chi connectivity index (χ3n) is 7.24. The first-order valence-corrected chi connectivity index (χ1v) is 12.6. The van der Waals surface area contributed by atoms with Crippen LogP contribution in [0.3, 0.4) is 0 Å². The van der Waals surface area contributed by atoms with Gasteiger partial charge < -0.3 is 24.4 Å². The Kier molecular flexibility index (Phi) is 7.40. The average molecular weight is 585 g/mol. The normalized spacial score (nSPS) is 27.3. The van der Waals surface area contributed by atoms with E-state index in [1.54, 1.807) is 4.68 Å². The number of halogens is 3. The molecule has 14 heteroatoms. The quantitative estimate of drug-likeness (QED) is 0.379. The van der Waals surface area contributed by atoms with Gasteiger partial charge in [0.15, 0.2) is 11.6 Å². The van der Waals surface area contributed by atoms with E-state index < -0.39 is 48.7 Å². The maximum atomic E-state index is 14.5. The summed E-state index contributed by atoms with van der Waals surface area (Å²) in [5, 5.41) is 37.6. The van der Waals surface area contributed by atoms with Crippen molar-refractivity contribution < 1.29 is 33.2 Å². The Morgan fingerprint density at radius 1 is 1.16 bits per heavy atom. The Morgan fingerprint density at radius 3 is 2.59 bits per heavy atom. The fraction of sp³-hybridized carbons (Fsp3) is 0.565. The molecule has 4 heterocycles. The van der Waals surface area contributed by atoms with Crippen LogP contribution in [0.1, 0.15) is 25.1 Å². The third-order valence-corrected chi connectivity index (χ3v) is 7.86. The van der Waals surface area contributed by atoms with Crippen molar-refractivity contribution in [1.29, 1.82) is 0 Å². The highest BCUT2D eigenvalue weighted by Gasteiger charge is 2.48. The van der Waals surface area contributed by atoms with Gasteiger partial charge in [0.2, 0.25) is 0 Å². The van der Waals surface area contributed by atoms with E-state index >= 15 is 0 Å². The zero-order chi connectivity index (χ0) is 26.3. The van der Waals surface area contributed by atoms with E-state index in [1.165, 1.54) is 30.1 Å². The maximum Gasteiger partial charge on any atom is 0.173 e. The van der Waals surface area contributed by atoms with Gasteiger partial charge in [-0.15, -0.1) is 10.2 Å². The first-order chi connectivity index (χ1) is 17.8. The minimum Gasteiger partial charge on any atom is -0.394 e. The minimum atomic E-state index is -1.23. The molecule has 1 aromatic carbocycles. The van der Waals surface area contributed by atoms with E-state index in [4.69, 9.17) is 14.2 Å². The van der Waals surface area contributed by atoms with Crippen LogP contribution in [0.25, 0.3) is 11.3 Å². The maximum absolute atomic E-state index is 14.5. The standard InChI is InChI=1S/C23H27BrF2N6O5/c1-3-23(10-36-11-23)17-8-31(29-28-17)7-15-22(35-2)20(21(34)16(9-33)37-15)32-6-14(27-30-32)12-4-5-13(24)19(26)18(12)25/h4-6,8,15-16,20-22,33-34H,3,7,9-11H2,1-2H3/t15-,16-,20+,21+,22+/m1/s1. The highest BCUT2D eigenvalue weighted by atomic mass is 79.9. The molecule has 0 bridgehead atoms. The molecule has 2 aliphatic rings. The van der Waals surface area contributed by atoms with Gasteiger partial charge in [-0.05, 0) is 34.5 Å². The van der Waals surface area contributed by atoms with Gasteiger partial charge in [0.05, 0.1) is 48.1 Å². The number of ether oxygens (including phenoxy) is 3. The van der Waals surface area contributed by atoms with Gasteiger partial charge in [-0.25, -0.2) is 18.1 Å². The van der Waals surface area contributed by atoms with Crippen molar-refractivity contribution in [2.75, 3.05) is 26.9 Å². The van der Waals surface area contributed by atoms with Crippen molar-refractivity contribution >= 4 is 15.9 Å². The third kappa shape index (κ3) is 4.59. The summed E-state index contributed by atoms with van der Waals surface area (Å²) in [5.41, 5.74) is 0.657. The van der Waals surface area contributed by atoms with Crippen molar-refractivity contribution in [3.63, 3.8) is 0 Å². The first-order valence-electron chi connectivity index (χ1n) is 11.8. The average Bonchev–Trinajstić information content (AvgIpc) is 3.53. The molecule has 5 rings (SSSR count). The Balaban J connectivity index is 1.43. The van der Waals surface area contributed by atoms with Gasteiger partial charge in [0.1, 0.15) is 36.2 Å². The lowest BCUT2D eigenvalue weighted by Gasteiger charge is -2.43. The number of aliphatic hydroxyl groups excluding tert-OH is 2. The van der Waals surface area contributed by atoms with E-state index in [0.717, 1.165) is 12.1 Å². The molecule has 5 atom stereocenters. The van der Waals surface area contributed by atoms with Gasteiger partial charge in [-0.3, -0.25) is 0 Å². The molecule has 2 fully saturated rings. The van der Waals surface area contributed by atoms with Gasteiger partial charge in [-0.2, -0.15) is 0 Å². The van der Waals surface area contributed by atoms with Crippen molar-refractivity contribution in [2.45, 2.75) is 55.8 Å². The monoisotopic (exact) mass is 584 g/mol. The lowest BCUT2D eigenvalue weighted by molar-refractivity contribution is -0.216. The highest BCUT2D eigenvalue weighted by molar-refractivity contribution is 9.10. The Bertz CT molecular complexity index is 1250. The number of hydrogen-bond donors (Lipinski definition) is 2. The summed E-state index contributed by atoms with van der Waals surface area (Å²) >= 11 is 2.96. The lowest BCUT2D eigenvalue weighted by atomic mass is 9.80. The molecule has 0 amide bonds. The number of rotatable bonds is 8. The molecule has 37 heavy (non-hydrogen) atoms. The largest absolute Gasteiger partial charge is 0.394 e. The van der Waals surface area contributed by atoms with Crippen LogP contribution in [-0.2, 0) is 26.2 Å². The molecule has 200 valence electrons. The second kappa shape index (κ2) is 10.4. The van der Waals surface area contributed by atoms with Crippen molar-refractivity contribution in [2.24, 2.45) is 0 Å². The molecule has 11 nitrogen and oxygen atoms in total. The van der Waals surface area contributed by atoms with Crippen molar-refractivity contribution in [3.05, 3.63) is 46.3 Å². The van der Waals surface area contributed by atoms with E-state index in [-0.39, 0.29) is 27.7 Å². The number of methoxy groups -OCH3 is 1. The van der Waals surface area contributed by atoms with Crippen LogP contribution in [0.15, 0.2) is 29.0 Å². The summed E-state index contributed by atoms with van der Waals surface area (Å²) in [5.74, 6) is -2.12. The minimum absolute atomic E-state index is 0.0139. The summed E-state index contributed by atoms with van der Waals surface area (Å²) in [6.07, 6.45) is 0.514. The fourth-order valence-electron chi connectivity index (χ4n) is 4.88. The molecule has 2 N–H and O–H groups in total. The topological polar surface area (TPSA) is 130 Å². The SMILES string of the molecule is CCC1(c2cn(C[C@H]3O[C@H](CO)[C@H](O)[C@H](n4cc(-c5ccc(Br)c(F)c5F)nn4)[C@H]3OC)nn2)COC1. The van der Waals surface area contributed by atoms with Gasteiger partial charge in [0.25, 0.3) is 0 Å². The number of aromatic nitrogens is 6. The molecule has 2 saturated heterocycles. The zero-order valence-electron chi connectivity index (χ0n) is 20.2. The van der Waals surface area contributed by atoms with E-state index in [0.29, 0.717) is 13.2 Å².